The van der Waals surface area contributed by atoms with Crippen LogP contribution in [0.25, 0.3) is 0 Å². The van der Waals surface area contributed by atoms with Crippen LogP contribution in [0, 0.1) is 194 Å². The first-order valence-corrected chi connectivity index (χ1v) is 29.6. The fraction of sp³-hybridized carbons (Fsp3) is 0.341. The van der Waals surface area contributed by atoms with Gasteiger partial charge in [-0.25, -0.2) is 0 Å². The summed E-state index contributed by atoms with van der Waals surface area (Å²) in [7, 11) is 0. The van der Waals surface area contributed by atoms with Gasteiger partial charge in [0.2, 0.25) is 0 Å². The summed E-state index contributed by atoms with van der Waals surface area (Å²) in [6.07, 6.45) is 0. The third-order valence-electron chi connectivity index (χ3n) is 15.9. The average Bonchev–Trinajstić information content (AvgIpc) is 3.49. The third-order valence-corrected chi connectivity index (χ3v) is 15.9. The van der Waals surface area contributed by atoms with Crippen LogP contribution in [0.2, 0.25) is 0 Å². The average molecular weight is 1100 g/mol. The quantitative estimate of drug-likeness (QED) is 0.142. The molecule has 0 aliphatic carbocycles. The van der Waals surface area contributed by atoms with Crippen LogP contribution in [0.5, 0.6) is 0 Å². The van der Waals surface area contributed by atoms with Crippen LogP contribution < -0.4 is 0 Å². The van der Waals surface area contributed by atoms with E-state index in [9.17, 15) is 0 Å². The maximum Gasteiger partial charge on any atom is -0.0392 e. The Morgan fingerprint density at radius 1 is 0.122 bits per heavy atom. The van der Waals surface area contributed by atoms with Gasteiger partial charge in [-0.3, -0.25) is 0 Å². The lowest BCUT2D eigenvalue weighted by molar-refractivity contribution is 1.18. The van der Waals surface area contributed by atoms with E-state index < -0.39 is 0 Å². The van der Waals surface area contributed by atoms with Gasteiger partial charge in [-0.05, 0) is 305 Å². The van der Waals surface area contributed by atoms with Crippen LogP contribution in [0.15, 0.2) is 158 Å². The lowest BCUT2D eigenvalue weighted by Crippen LogP contribution is -1.93. The Hall–Kier alpha value is -7.02. The van der Waals surface area contributed by atoms with E-state index in [2.05, 4.69) is 352 Å². The second kappa shape index (κ2) is 37.2. The first-order chi connectivity index (χ1) is 38.2. The van der Waals surface area contributed by atoms with Crippen LogP contribution in [-0.2, 0) is 0 Å². The second-order valence-corrected chi connectivity index (χ2v) is 23.5. The molecule has 9 aromatic rings. The first kappa shape index (κ1) is 73.0. The zero-order chi connectivity index (χ0) is 62.6. The van der Waals surface area contributed by atoms with Crippen LogP contribution >= 0.6 is 0 Å². The van der Waals surface area contributed by atoms with Crippen molar-refractivity contribution in [3.63, 3.8) is 0 Å². The summed E-state index contributed by atoms with van der Waals surface area (Å²) in [5.41, 5.74) is 38.8. The van der Waals surface area contributed by atoms with Crippen molar-refractivity contribution in [2.45, 2.75) is 194 Å². The number of rotatable bonds is 0. The van der Waals surface area contributed by atoms with E-state index >= 15 is 0 Å². The van der Waals surface area contributed by atoms with E-state index in [1.807, 2.05) is 0 Å². The molecule has 0 N–H and O–H groups in total. The van der Waals surface area contributed by atoms with Gasteiger partial charge in [-0.1, -0.05) is 202 Å². The molecule has 0 aliphatic heterocycles. The molecule has 0 heterocycles. The van der Waals surface area contributed by atoms with Crippen molar-refractivity contribution in [2.75, 3.05) is 0 Å². The molecular weight excluding hydrogens is 985 g/mol. The minimum absolute atomic E-state index is 1.33. The van der Waals surface area contributed by atoms with E-state index in [0.29, 0.717) is 0 Å². The maximum atomic E-state index is 2.26. The van der Waals surface area contributed by atoms with Crippen molar-refractivity contribution in [1.82, 2.24) is 0 Å². The molecule has 438 valence electrons. The molecular formula is C82H110. The number of hydrogen-bond donors (Lipinski definition) is 0. The van der Waals surface area contributed by atoms with E-state index in [1.54, 1.807) is 0 Å². The zero-order valence-corrected chi connectivity index (χ0v) is 57.0. The van der Waals surface area contributed by atoms with Gasteiger partial charge in [-0.2, -0.15) is 0 Å². The van der Waals surface area contributed by atoms with Gasteiger partial charge >= 0.3 is 0 Å². The highest BCUT2D eigenvalue weighted by Crippen LogP contribution is 2.20. The molecule has 0 radical (unpaired) electrons. The zero-order valence-electron chi connectivity index (χ0n) is 57.0. The summed E-state index contributed by atoms with van der Waals surface area (Å²) in [4.78, 5) is 0. The normalized spacial score (nSPS) is 9.71. The molecule has 0 saturated carbocycles. The minimum Gasteiger partial charge on any atom is -0.0620 e. The van der Waals surface area contributed by atoms with Crippen molar-refractivity contribution < 1.29 is 0 Å². The smallest absolute Gasteiger partial charge is 0.0392 e. The van der Waals surface area contributed by atoms with Gasteiger partial charge in [-0.15, -0.1) is 0 Å². The topological polar surface area (TPSA) is 0 Å². The van der Waals surface area contributed by atoms with E-state index in [1.165, 1.54) is 156 Å². The van der Waals surface area contributed by atoms with Crippen molar-refractivity contribution >= 4 is 0 Å². The standard InChI is InChI=1S/C11H16.2C10H14.3C9H12.3C8H10/c1-7-6-8(2)10(4)11(5)9(7)3;1-7-5-9(3)10(4)6-8(7)2;1-7-5-6-8(2)10(4)9(7)3;1-7-4-8(2)6-9(3)5-7;1-7-4-5-8(2)9(3)6-7;1-7-5-4-6-8(2)9(7)3;1-7-3-5-8(2)6-4-7;1-7-4-3-5-8(2)6-7;1-7-5-3-4-6-8(7)2/h6H,1-5H3;2*5-6H,1-4H3;3*4-6H,1-3H3;3*3-6H,1-2H3. The molecule has 0 atom stereocenters. The van der Waals surface area contributed by atoms with Crippen molar-refractivity contribution in [2.24, 2.45) is 0 Å². The lowest BCUT2D eigenvalue weighted by Gasteiger charge is -2.10. The minimum atomic E-state index is 1.33. The molecule has 0 unspecified atom stereocenters. The van der Waals surface area contributed by atoms with Crippen LogP contribution in [0.4, 0.5) is 0 Å². The second-order valence-electron chi connectivity index (χ2n) is 23.5. The first-order valence-electron chi connectivity index (χ1n) is 29.6. The molecule has 0 aromatic heterocycles. The Kier molecular flexibility index (Phi) is 33.1. The predicted octanol–water partition coefficient (Wildman–Crippen LogP) is 23.8. The molecule has 0 aliphatic rings. The highest BCUT2D eigenvalue weighted by Gasteiger charge is 2.03. The van der Waals surface area contributed by atoms with Crippen molar-refractivity contribution in [3.05, 3.63) is 314 Å². The molecule has 0 amide bonds. The van der Waals surface area contributed by atoms with Gasteiger partial charge in [0.1, 0.15) is 0 Å². The van der Waals surface area contributed by atoms with Gasteiger partial charge in [0.05, 0.1) is 0 Å². The monoisotopic (exact) mass is 1090 g/mol. The largest absolute Gasteiger partial charge is 0.0620 e. The molecule has 0 saturated heterocycles. The molecule has 9 aromatic carbocycles. The third kappa shape index (κ3) is 28.1. The Balaban J connectivity index is 0.000000462. The maximum absolute atomic E-state index is 2.26. The van der Waals surface area contributed by atoms with Crippen LogP contribution in [0.3, 0.4) is 0 Å². The Labute approximate surface area is 504 Å². The summed E-state index contributed by atoms with van der Waals surface area (Å²) in [6, 6.07) is 55.8. The fourth-order valence-corrected chi connectivity index (χ4v) is 8.71. The Morgan fingerprint density at radius 3 is 0.646 bits per heavy atom. The highest BCUT2D eigenvalue weighted by molar-refractivity contribution is 5.43. The summed E-state index contributed by atoms with van der Waals surface area (Å²) in [5.74, 6) is 0. The van der Waals surface area contributed by atoms with E-state index in [4.69, 9.17) is 0 Å². The van der Waals surface area contributed by atoms with Crippen molar-refractivity contribution in [1.29, 1.82) is 0 Å². The number of hydrogen-bond acceptors (Lipinski definition) is 0. The van der Waals surface area contributed by atoms with Crippen LogP contribution in [0.1, 0.15) is 156 Å². The summed E-state index contributed by atoms with van der Waals surface area (Å²) >= 11 is 0. The van der Waals surface area contributed by atoms with Gasteiger partial charge < -0.3 is 0 Å². The molecule has 0 heteroatoms. The predicted molar refractivity (Wildman–Crippen MR) is 371 cm³/mol. The molecule has 0 bridgehead atoms. The van der Waals surface area contributed by atoms with E-state index in [-0.39, 0.29) is 0 Å². The highest BCUT2D eigenvalue weighted by atomic mass is 14.1. The fourth-order valence-electron chi connectivity index (χ4n) is 8.71. The molecule has 9 rings (SSSR count). The molecule has 82 heavy (non-hydrogen) atoms. The van der Waals surface area contributed by atoms with Gasteiger partial charge in [0.25, 0.3) is 0 Å². The lowest BCUT2D eigenvalue weighted by atomic mass is 9.96. The summed E-state index contributed by atoms with van der Waals surface area (Å²) in [5, 5.41) is 0. The van der Waals surface area contributed by atoms with Crippen molar-refractivity contribution in [3.8, 4) is 0 Å². The SMILES string of the molecule is Cc1cc(C)c(C)c(C)c1C.Cc1cc(C)c(C)cc1C.Cc1cc(C)cc(C)c1.Cc1ccc(C)c(C)c1.Cc1ccc(C)c(C)c1C.Cc1ccc(C)cc1.Cc1cccc(C)c1.Cc1cccc(C)c1C.Cc1ccccc1C. The summed E-state index contributed by atoms with van der Waals surface area (Å²) < 4.78 is 0. The van der Waals surface area contributed by atoms with Gasteiger partial charge in [0, 0.05) is 0 Å². The molecule has 0 spiro atoms. The Bertz CT molecular complexity index is 3120. The molecule has 0 nitrogen and oxygen atoms in total. The number of aryl methyl sites for hydroxylation is 22. The van der Waals surface area contributed by atoms with Gasteiger partial charge in [0.15, 0.2) is 0 Å². The molecule has 0 fully saturated rings. The Morgan fingerprint density at radius 2 is 0.354 bits per heavy atom. The summed E-state index contributed by atoms with van der Waals surface area (Å²) in [6.45, 7) is 60.1. The van der Waals surface area contributed by atoms with Crippen LogP contribution in [-0.4, -0.2) is 0 Å². The van der Waals surface area contributed by atoms with E-state index in [0.717, 1.165) is 0 Å². The number of benzene rings is 9.